The Balaban J connectivity index is 0.000000301. The van der Waals surface area contributed by atoms with E-state index in [9.17, 15) is 0 Å². The number of benzene rings is 3. The van der Waals surface area contributed by atoms with Crippen LogP contribution in [0.25, 0.3) is 0 Å². The van der Waals surface area contributed by atoms with Crippen LogP contribution in [-0.2, 0) is 11.5 Å². The molecule has 5 rings (SSSR count). The van der Waals surface area contributed by atoms with Crippen molar-refractivity contribution in [2.24, 2.45) is 0 Å². The minimum absolute atomic E-state index is 0.783. The number of aromatic nitrogens is 2. The maximum atomic E-state index is 4.74. The molecule has 0 unspecified atom stereocenters. The van der Waals surface area contributed by atoms with Crippen LogP contribution < -0.4 is 15.9 Å². The van der Waals surface area contributed by atoms with E-state index in [-0.39, 0.29) is 0 Å². The molecular weight excluding hydrogens is 739 g/mol. The average Bonchev–Trinajstić information content (AvgIpc) is 2.96. The molecule has 0 aliphatic carbocycles. The van der Waals surface area contributed by atoms with Crippen LogP contribution in [-0.4, -0.2) is 9.97 Å². The molecule has 37 heavy (non-hydrogen) atoms. The van der Waals surface area contributed by atoms with Gasteiger partial charge in [-0.25, -0.2) is 0 Å². The van der Waals surface area contributed by atoms with Crippen LogP contribution >= 0.6 is 68.6 Å². The Morgan fingerprint density at radius 3 is 1.22 bits per heavy atom. The fraction of sp³-hybridized carbons (Fsp3) is 0.0667. The molecule has 0 N–H and O–H groups in total. The minimum atomic E-state index is -2.99. The van der Waals surface area contributed by atoms with E-state index < -0.39 is 5.31 Å². The molecule has 0 saturated heterocycles. The molecular formula is C30H25Br4N2P. The number of nitrogens with zero attached hydrogens (tertiary/aromatic N) is 2. The predicted molar refractivity (Wildman–Crippen MR) is 174 cm³/mol. The van der Waals surface area contributed by atoms with Crippen LogP contribution in [0.3, 0.4) is 0 Å². The van der Waals surface area contributed by atoms with E-state index in [2.05, 4.69) is 165 Å². The normalized spacial score (nSPS) is 12.1. The van der Waals surface area contributed by atoms with E-state index in [1.165, 1.54) is 15.9 Å². The summed E-state index contributed by atoms with van der Waals surface area (Å²) in [4.78, 5) is 8.84. The summed E-state index contributed by atoms with van der Waals surface area (Å²) in [5.74, 6) is 0. The van der Waals surface area contributed by atoms with Crippen molar-refractivity contribution in [1.82, 2.24) is 9.97 Å². The van der Waals surface area contributed by atoms with E-state index in [0.717, 1.165) is 31.8 Å². The molecule has 2 aromatic heterocycles. The van der Waals surface area contributed by atoms with Gasteiger partial charge in [0.15, 0.2) is 0 Å². The fourth-order valence-electron chi connectivity index (χ4n) is 4.27. The number of hydrogen-bond acceptors (Lipinski definition) is 2. The molecule has 0 aliphatic heterocycles. The topological polar surface area (TPSA) is 25.8 Å². The Kier molecular flexibility index (Phi) is 9.88. The molecule has 0 saturated carbocycles. The molecule has 0 spiro atoms. The standard InChI is InChI=1S/C24H20Br2NP.C6H5Br2N/c25-23-17-10-18-27-24(23)19-28(26,20-11-4-1-5-12-20,21-13-6-2-7-14-21)22-15-8-3-9-16-22;7-4-6-5(8)2-1-3-9-6/h1-18H,19H2;1-3H,4H2. The summed E-state index contributed by atoms with van der Waals surface area (Å²) < 4.78 is 2.09. The second kappa shape index (κ2) is 12.9. The predicted octanol–water partition coefficient (Wildman–Crippen LogP) is 8.92. The zero-order valence-electron chi connectivity index (χ0n) is 19.9. The second-order valence-corrected chi connectivity index (χ2v) is 19.5. The summed E-state index contributed by atoms with van der Waals surface area (Å²) in [7, 11) is 0. The van der Waals surface area contributed by atoms with Gasteiger partial charge in [-0.2, -0.15) is 0 Å². The molecule has 188 valence electrons. The molecule has 0 amide bonds. The van der Waals surface area contributed by atoms with E-state index in [0.29, 0.717) is 0 Å². The Bertz CT molecular complexity index is 1330. The maximum absolute atomic E-state index is 4.74. The third-order valence-electron chi connectivity index (χ3n) is 6.13. The molecule has 0 radical (unpaired) electrons. The van der Waals surface area contributed by atoms with Gasteiger partial charge in [-0.05, 0) is 28.1 Å². The van der Waals surface area contributed by atoms with Gasteiger partial charge in [0.05, 0.1) is 5.69 Å². The van der Waals surface area contributed by atoms with Gasteiger partial charge in [0.25, 0.3) is 0 Å². The van der Waals surface area contributed by atoms with Gasteiger partial charge in [0.1, 0.15) is 0 Å². The zero-order valence-corrected chi connectivity index (χ0v) is 27.1. The third kappa shape index (κ3) is 6.15. The quantitative estimate of drug-likeness (QED) is 0.128. The van der Waals surface area contributed by atoms with Gasteiger partial charge in [0, 0.05) is 16.0 Å². The summed E-state index contributed by atoms with van der Waals surface area (Å²) >= 11 is 14.9. The van der Waals surface area contributed by atoms with Gasteiger partial charge in [0.2, 0.25) is 0 Å². The second-order valence-electron chi connectivity index (χ2n) is 8.35. The summed E-state index contributed by atoms with van der Waals surface area (Å²) in [6.45, 7) is 0. The monoisotopic (exact) mass is 760 g/mol. The number of pyridine rings is 2. The van der Waals surface area contributed by atoms with Gasteiger partial charge in [-0.15, -0.1) is 0 Å². The number of alkyl halides is 1. The first kappa shape index (κ1) is 28.3. The van der Waals surface area contributed by atoms with Crippen LogP contribution in [0.1, 0.15) is 11.4 Å². The number of rotatable bonds is 6. The first-order valence-electron chi connectivity index (χ1n) is 11.6. The molecule has 0 atom stereocenters. The number of halogens is 4. The van der Waals surface area contributed by atoms with Gasteiger partial charge >= 0.3 is 183 Å². The molecule has 0 bridgehead atoms. The van der Waals surface area contributed by atoms with Crippen LogP contribution in [0.15, 0.2) is 137 Å². The molecule has 3 aromatic carbocycles. The van der Waals surface area contributed by atoms with Crippen molar-refractivity contribution < 1.29 is 0 Å². The van der Waals surface area contributed by atoms with Crippen molar-refractivity contribution in [3.05, 3.63) is 148 Å². The molecule has 7 heteroatoms. The van der Waals surface area contributed by atoms with Crippen LogP contribution in [0.4, 0.5) is 0 Å². The summed E-state index contributed by atoms with van der Waals surface area (Å²) in [6.07, 6.45) is 4.43. The zero-order chi connectivity index (χ0) is 26.2. The SMILES string of the molecule is BrCc1ncccc1Br.Brc1cccnc1CP(Br)(c1ccccc1)(c1ccccc1)c1ccccc1. The summed E-state index contributed by atoms with van der Waals surface area (Å²) in [6, 6.07) is 40.3. The van der Waals surface area contributed by atoms with Gasteiger partial charge in [-0.3, -0.25) is 4.98 Å². The third-order valence-corrected chi connectivity index (χ3v) is 17.6. The van der Waals surface area contributed by atoms with Crippen molar-refractivity contribution in [1.29, 1.82) is 0 Å². The Labute approximate surface area is 252 Å². The first-order valence-corrected chi connectivity index (χ1v) is 18.8. The fourth-order valence-corrected chi connectivity index (χ4v) is 13.6. The van der Waals surface area contributed by atoms with Crippen LogP contribution in [0.2, 0.25) is 0 Å². The summed E-state index contributed by atoms with van der Waals surface area (Å²) in [5.41, 5.74) is 2.09. The Hall–Kier alpha value is -1.69. The number of hydrogen-bond donors (Lipinski definition) is 0. The average molecular weight is 764 g/mol. The molecule has 5 aromatic rings. The van der Waals surface area contributed by atoms with E-state index in [4.69, 9.17) is 4.98 Å². The van der Waals surface area contributed by atoms with Gasteiger partial charge in [-0.1, -0.05) is 15.9 Å². The first-order chi connectivity index (χ1) is 18.0. The summed E-state index contributed by atoms with van der Waals surface area (Å²) in [5, 5.41) is 1.69. The van der Waals surface area contributed by atoms with Crippen molar-refractivity contribution in [3.8, 4) is 0 Å². The van der Waals surface area contributed by atoms with Crippen LogP contribution in [0.5, 0.6) is 0 Å². The van der Waals surface area contributed by atoms with Gasteiger partial charge < -0.3 is 0 Å². The Morgan fingerprint density at radius 2 is 0.892 bits per heavy atom. The molecule has 0 fully saturated rings. The van der Waals surface area contributed by atoms with Crippen LogP contribution in [0, 0.1) is 0 Å². The molecule has 2 nitrogen and oxygen atoms in total. The van der Waals surface area contributed by atoms with Crippen molar-refractivity contribution in [2.45, 2.75) is 11.5 Å². The van der Waals surface area contributed by atoms with Crippen molar-refractivity contribution in [2.75, 3.05) is 0 Å². The van der Waals surface area contributed by atoms with Crippen molar-refractivity contribution >= 4 is 84.5 Å². The molecule has 2 heterocycles. The van der Waals surface area contributed by atoms with E-state index in [1.54, 1.807) is 6.20 Å². The molecule has 0 aliphatic rings. The van der Waals surface area contributed by atoms with E-state index in [1.807, 2.05) is 24.4 Å². The van der Waals surface area contributed by atoms with Crippen molar-refractivity contribution in [3.63, 3.8) is 0 Å². The Morgan fingerprint density at radius 1 is 0.514 bits per heavy atom. The van der Waals surface area contributed by atoms with E-state index >= 15 is 0 Å².